The maximum absolute atomic E-state index is 11.7. The number of aromatic carboxylic acids is 1. The first-order valence-electron chi connectivity index (χ1n) is 5.96. The molecule has 9 nitrogen and oxygen atoms in total. The molecule has 2 N–H and O–H groups in total. The average Bonchev–Trinajstić information content (AvgIpc) is 2.87. The topological polar surface area (TPSA) is 124 Å². The highest BCUT2D eigenvalue weighted by Gasteiger charge is 2.12. The van der Waals surface area contributed by atoms with E-state index in [4.69, 9.17) is 10.4 Å². The highest BCUT2D eigenvalue weighted by molar-refractivity contribution is 5.84. The van der Waals surface area contributed by atoms with Gasteiger partial charge >= 0.3 is 12.0 Å². The fourth-order valence-corrected chi connectivity index (χ4v) is 1.45. The zero-order chi connectivity index (χ0) is 15.1. The van der Waals surface area contributed by atoms with Gasteiger partial charge in [-0.1, -0.05) is 5.21 Å². The van der Waals surface area contributed by atoms with Crippen LogP contribution in [0.25, 0.3) is 0 Å². The SMILES string of the molecule is CC(C#N)CN(C)C(=O)NCCn1cc(C(=O)O)nn1. The predicted molar refractivity (Wildman–Crippen MR) is 67.8 cm³/mol. The molecule has 1 rings (SSSR count). The second kappa shape index (κ2) is 7.08. The van der Waals surface area contributed by atoms with Crippen LogP contribution in [0.3, 0.4) is 0 Å². The molecule has 1 heterocycles. The van der Waals surface area contributed by atoms with Crippen LogP contribution in [0, 0.1) is 17.2 Å². The number of hydrogen-bond acceptors (Lipinski definition) is 5. The van der Waals surface area contributed by atoms with Gasteiger partial charge in [0.25, 0.3) is 0 Å². The highest BCUT2D eigenvalue weighted by Crippen LogP contribution is 1.96. The lowest BCUT2D eigenvalue weighted by molar-refractivity contribution is 0.0690. The summed E-state index contributed by atoms with van der Waals surface area (Å²) in [4.78, 5) is 23.7. The molecule has 20 heavy (non-hydrogen) atoms. The van der Waals surface area contributed by atoms with Crippen LogP contribution in [-0.2, 0) is 6.54 Å². The number of nitrogens with one attached hydrogen (secondary N) is 1. The molecule has 108 valence electrons. The van der Waals surface area contributed by atoms with Crippen LogP contribution in [0.15, 0.2) is 6.20 Å². The van der Waals surface area contributed by atoms with Crippen LogP contribution >= 0.6 is 0 Å². The maximum atomic E-state index is 11.7. The lowest BCUT2D eigenvalue weighted by Crippen LogP contribution is -2.40. The molecule has 1 aromatic rings. The Labute approximate surface area is 115 Å². The molecule has 9 heteroatoms. The number of nitriles is 1. The van der Waals surface area contributed by atoms with Crippen molar-refractivity contribution in [2.75, 3.05) is 20.1 Å². The molecule has 0 saturated carbocycles. The standard InChI is InChI=1S/C11H16N6O3/c1-8(5-12)6-16(2)11(20)13-3-4-17-7-9(10(18)19)14-15-17/h7-8H,3-4,6H2,1-2H3,(H,13,20)(H,18,19). The van der Waals surface area contributed by atoms with E-state index in [2.05, 4.69) is 15.6 Å². The monoisotopic (exact) mass is 280 g/mol. The summed E-state index contributed by atoms with van der Waals surface area (Å²) in [7, 11) is 1.60. The molecule has 2 amide bonds. The number of carboxylic acids is 1. The van der Waals surface area contributed by atoms with Crippen LogP contribution in [0.2, 0.25) is 0 Å². The number of carbonyl (C=O) groups excluding carboxylic acids is 1. The number of carboxylic acid groups (broad SMARTS) is 1. The van der Waals surface area contributed by atoms with E-state index in [0.29, 0.717) is 13.1 Å². The van der Waals surface area contributed by atoms with Crippen molar-refractivity contribution in [1.29, 1.82) is 5.26 Å². The summed E-state index contributed by atoms with van der Waals surface area (Å²) in [5.41, 5.74) is -0.142. The van der Waals surface area contributed by atoms with Crippen molar-refractivity contribution in [1.82, 2.24) is 25.2 Å². The van der Waals surface area contributed by atoms with E-state index in [0.717, 1.165) is 0 Å². The maximum Gasteiger partial charge on any atom is 0.358 e. The van der Waals surface area contributed by atoms with Gasteiger partial charge in [-0.25, -0.2) is 14.3 Å². The number of nitrogens with zero attached hydrogens (tertiary/aromatic N) is 5. The average molecular weight is 280 g/mol. The molecular formula is C11H16N6O3. The molecule has 0 spiro atoms. The number of aromatic nitrogens is 3. The number of amides is 2. The molecule has 1 atom stereocenters. The van der Waals surface area contributed by atoms with Gasteiger partial charge in [-0.2, -0.15) is 5.26 Å². The summed E-state index contributed by atoms with van der Waals surface area (Å²) in [5.74, 6) is -1.38. The molecule has 1 unspecified atom stereocenters. The minimum atomic E-state index is -1.15. The van der Waals surface area contributed by atoms with Crippen molar-refractivity contribution < 1.29 is 14.7 Å². The van der Waals surface area contributed by atoms with Crippen LogP contribution in [-0.4, -0.2) is 57.1 Å². The normalized spacial score (nSPS) is 11.4. The van der Waals surface area contributed by atoms with E-state index in [-0.39, 0.29) is 24.2 Å². The van der Waals surface area contributed by atoms with Gasteiger partial charge in [0, 0.05) is 20.1 Å². The first-order valence-corrected chi connectivity index (χ1v) is 5.96. The largest absolute Gasteiger partial charge is 0.476 e. The van der Waals surface area contributed by atoms with Crippen LogP contribution in [0.1, 0.15) is 17.4 Å². The number of carbonyl (C=O) groups is 2. The van der Waals surface area contributed by atoms with E-state index in [1.54, 1.807) is 14.0 Å². The first kappa shape index (κ1) is 15.4. The second-order valence-electron chi connectivity index (χ2n) is 4.31. The lowest BCUT2D eigenvalue weighted by Gasteiger charge is -2.18. The summed E-state index contributed by atoms with van der Waals surface area (Å²) < 4.78 is 1.33. The van der Waals surface area contributed by atoms with E-state index in [1.807, 2.05) is 6.07 Å². The number of rotatable bonds is 6. The summed E-state index contributed by atoms with van der Waals surface area (Å²) in [6.45, 7) is 2.67. The molecule has 0 aliphatic carbocycles. The van der Waals surface area contributed by atoms with E-state index in [9.17, 15) is 9.59 Å². The Hall–Kier alpha value is -2.63. The van der Waals surface area contributed by atoms with Gasteiger partial charge in [-0.15, -0.1) is 5.10 Å². The third-order valence-electron chi connectivity index (χ3n) is 2.49. The van der Waals surface area contributed by atoms with Gasteiger partial charge in [0.05, 0.1) is 24.7 Å². The van der Waals surface area contributed by atoms with Gasteiger partial charge in [-0.05, 0) is 6.92 Å². The Balaban J connectivity index is 2.34. The zero-order valence-electron chi connectivity index (χ0n) is 11.3. The summed E-state index contributed by atoms with van der Waals surface area (Å²) in [5, 5.41) is 27.0. The van der Waals surface area contributed by atoms with Crippen molar-refractivity contribution in [2.24, 2.45) is 5.92 Å². The molecule has 0 fully saturated rings. The number of hydrogen-bond donors (Lipinski definition) is 2. The van der Waals surface area contributed by atoms with Gasteiger partial charge < -0.3 is 15.3 Å². The highest BCUT2D eigenvalue weighted by atomic mass is 16.4. The van der Waals surface area contributed by atoms with Crippen molar-refractivity contribution >= 4 is 12.0 Å². The van der Waals surface area contributed by atoms with E-state index >= 15 is 0 Å². The number of urea groups is 1. The Kier molecular flexibility index (Phi) is 5.46. The fraction of sp³-hybridized carbons (Fsp3) is 0.545. The molecule has 0 saturated heterocycles. The summed E-state index contributed by atoms with van der Waals surface area (Å²) in [6, 6.07) is 1.75. The Morgan fingerprint density at radius 1 is 1.65 bits per heavy atom. The molecule has 0 bridgehead atoms. The van der Waals surface area contributed by atoms with Crippen LogP contribution in [0.5, 0.6) is 0 Å². The van der Waals surface area contributed by atoms with Gasteiger partial charge in [0.1, 0.15) is 0 Å². The summed E-state index contributed by atoms with van der Waals surface area (Å²) >= 11 is 0. The van der Waals surface area contributed by atoms with E-state index in [1.165, 1.54) is 15.8 Å². The third-order valence-corrected chi connectivity index (χ3v) is 2.49. The Morgan fingerprint density at radius 2 is 2.35 bits per heavy atom. The van der Waals surface area contributed by atoms with Gasteiger partial charge in [-0.3, -0.25) is 0 Å². The second-order valence-corrected chi connectivity index (χ2v) is 4.31. The minimum absolute atomic E-state index is 0.142. The van der Waals surface area contributed by atoms with Gasteiger partial charge in [0.15, 0.2) is 5.69 Å². The Morgan fingerprint density at radius 3 is 2.90 bits per heavy atom. The molecule has 0 aliphatic heterocycles. The van der Waals surface area contributed by atoms with Crippen molar-refractivity contribution in [2.45, 2.75) is 13.5 Å². The van der Waals surface area contributed by atoms with Gasteiger partial charge in [0.2, 0.25) is 0 Å². The van der Waals surface area contributed by atoms with E-state index < -0.39 is 5.97 Å². The van der Waals surface area contributed by atoms with Crippen molar-refractivity contribution in [3.05, 3.63) is 11.9 Å². The lowest BCUT2D eigenvalue weighted by atomic mass is 10.2. The smallest absolute Gasteiger partial charge is 0.358 e. The minimum Gasteiger partial charge on any atom is -0.476 e. The predicted octanol–water partition coefficient (Wildman–Crippen LogP) is -0.223. The van der Waals surface area contributed by atoms with Crippen molar-refractivity contribution in [3.63, 3.8) is 0 Å². The quantitative estimate of drug-likeness (QED) is 0.742. The van der Waals surface area contributed by atoms with Crippen LogP contribution < -0.4 is 5.32 Å². The molecule has 0 aliphatic rings. The zero-order valence-corrected chi connectivity index (χ0v) is 11.3. The molecule has 0 aromatic carbocycles. The van der Waals surface area contributed by atoms with Crippen molar-refractivity contribution in [3.8, 4) is 6.07 Å². The molecule has 1 aromatic heterocycles. The molecular weight excluding hydrogens is 264 g/mol. The Bertz CT molecular complexity index is 520. The summed E-state index contributed by atoms with van der Waals surface area (Å²) in [6.07, 6.45) is 1.29. The van der Waals surface area contributed by atoms with Crippen LogP contribution in [0.4, 0.5) is 4.79 Å². The molecule has 0 radical (unpaired) electrons. The third kappa shape index (κ3) is 4.56. The fourth-order valence-electron chi connectivity index (χ4n) is 1.45. The first-order chi connectivity index (χ1) is 9.43.